The summed E-state index contributed by atoms with van der Waals surface area (Å²) in [4.78, 5) is 0. The molecule has 2 saturated carbocycles. The van der Waals surface area contributed by atoms with Crippen LogP contribution in [0.1, 0.15) is 163 Å². The lowest BCUT2D eigenvalue weighted by Gasteiger charge is -2.22. The topological polar surface area (TPSA) is 0 Å². The number of rotatable bonds is 19. The van der Waals surface area contributed by atoms with Crippen LogP contribution >= 0.6 is 0 Å². The summed E-state index contributed by atoms with van der Waals surface area (Å²) in [5, 5.41) is 0. The summed E-state index contributed by atoms with van der Waals surface area (Å²) >= 11 is 0. The number of fused-ring (bicyclic) bond motifs is 1. The molecule has 0 aromatic rings. The molecule has 2 aliphatic rings. The zero-order valence-corrected chi connectivity index (χ0v) is 22.3. The second-order valence-electron chi connectivity index (χ2n) is 11.8. The van der Waals surface area contributed by atoms with E-state index in [1.54, 1.807) is 38.5 Å². The van der Waals surface area contributed by atoms with Crippen LogP contribution in [0.3, 0.4) is 0 Å². The van der Waals surface area contributed by atoms with Gasteiger partial charge >= 0.3 is 0 Å². The molecule has 184 valence electrons. The van der Waals surface area contributed by atoms with Gasteiger partial charge < -0.3 is 0 Å². The Morgan fingerprint density at radius 2 is 1.03 bits per heavy atom. The fourth-order valence-corrected chi connectivity index (χ4v) is 7.15. The Hall–Kier alpha value is 0. The van der Waals surface area contributed by atoms with Crippen molar-refractivity contribution in [1.29, 1.82) is 0 Å². The first-order valence-electron chi connectivity index (χ1n) is 15.2. The molecule has 0 bridgehead atoms. The SMILES string of the molecule is CCCCCC(CCC)CCC1CCC2C(CC1)C2CC(CCCCC)CCCCC. The van der Waals surface area contributed by atoms with Crippen molar-refractivity contribution in [2.75, 3.05) is 0 Å². The maximum Gasteiger partial charge on any atom is -0.0349 e. The van der Waals surface area contributed by atoms with Crippen molar-refractivity contribution in [2.24, 2.45) is 35.5 Å². The third kappa shape index (κ3) is 10.6. The van der Waals surface area contributed by atoms with E-state index >= 15 is 0 Å². The van der Waals surface area contributed by atoms with Gasteiger partial charge in [0.25, 0.3) is 0 Å². The van der Waals surface area contributed by atoms with E-state index in [2.05, 4.69) is 27.7 Å². The fourth-order valence-electron chi connectivity index (χ4n) is 7.15. The van der Waals surface area contributed by atoms with E-state index in [9.17, 15) is 0 Å². The summed E-state index contributed by atoms with van der Waals surface area (Å²) in [6.45, 7) is 9.45. The third-order valence-corrected chi connectivity index (χ3v) is 9.26. The van der Waals surface area contributed by atoms with Crippen LogP contribution in [0.5, 0.6) is 0 Å². The Morgan fingerprint density at radius 3 is 1.52 bits per heavy atom. The molecule has 0 aromatic heterocycles. The van der Waals surface area contributed by atoms with E-state index in [0.29, 0.717) is 0 Å². The second-order valence-corrected chi connectivity index (χ2v) is 11.8. The van der Waals surface area contributed by atoms with Crippen molar-refractivity contribution in [3.05, 3.63) is 0 Å². The molecule has 0 nitrogen and oxygen atoms in total. The van der Waals surface area contributed by atoms with Gasteiger partial charge in [0.15, 0.2) is 0 Å². The summed E-state index contributed by atoms with van der Waals surface area (Å²) in [6, 6.07) is 0. The van der Waals surface area contributed by atoms with Crippen LogP contribution in [0.25, 0.3) is 0 Å². The van der Waals surface area contributed by atoms with Gasteiger partial charge in [-0.25, -0.2) is 0 Å². The van der Waals surface area contributed by atoms with Crippen molar-refractivity contribution in [3.8, 4) is 0 Å². The second kappa shape index (κ2) is 16.6. The Morgan fingerprint density at radius 1 is 0.516 bits per heavy atom. The van der Waals surface area contributed by atoms with Crippen LogP contribution in [0.2, 0.25) is 0 Å². The van der Waals surface area contributed by atoms with Gasteiger partial charge in [0, 0.05) is 0 Å². The molecule has 0 spiro atoms. The van der Waals surface area contributed by atoms with E-state index in [1.807, 2.05) is 0 Å². The molecule has 3 atom stereocenters. The molecule has 0 N–H and O–H groups in total. The van der Waals surface area contributed by atoms with Crippen LogP contribution in [-0.4, -0.2) is 0 Å². The molecule has 2 aliphatic carbocycles. The third-order valence-electron chi connectivity index (χ3n) is 9.26. The van der Waals surface area contributed by atoms with Crippen molar-refractivity contribution in [3.63, 3.8) is 0 Å². The van der Waals surface area contributed by atoms with Gasteiger partial charge in [-0.05, 0) is 54.8 Å². The van der Waals surface area contributed by atoms with Crippen molar-refractivity contribution >= 4 is 0 Å². The van der Waals surface area contributed by atoms with Gasteiger partial charge in [-0.15, -0.1) is 0 Å². The monoisotopic (exact) mass is 432 g/mol. The minimum Gasteiger partial charge on any atom is -0.0654 e. The summed E-state index contributed by atoms with van der Waals surface area (Å²) in [5.74, 6) is 6.58. The lowest BCUT2D eigenvalue weighted by atomic mass is 9.84. The Bertz CT molecular complexity index is 388. The van der Waals surface area contributed by atoms with Gasteiger partial charge in [0.1, 0.15) is 0 Å². The first kappa shape index (κ1) is 27.2. The fraction of sp³-hybridized carbons (Fsp3) is 1.00. The molecule has 2 fully saturated rings. The zero-order valence-electron chi connectivity index (χ0n) is 22.3. The number of hydrogen-bond donors (Lipinski definition) is 0. The average Bonchev–Trinajstić information content (AvgIpc) is 3.48. The van der Waals surface area contributed by atoms with Gasteiger partial charge in [0.2, 0.25) is 0 Å². The molecule has 0 heterocycles. The largest absolute Gasteiger partial charge is 0.0654 e. The van der Waals surface area contributed by atoms with Crippen LogP contribution in [-0.2, 0) is 0 Å². The lowest BCUT2D eigenvalue weighted by molar-refractivity contribution is 0.308. The molecular formula is C31H60. The highest BCUT2D eigenvalue weighted by atomic mass is 14.5. The smallest absolute Gasteiger partial charge is 0.0349 e. The minimum atomic E-state index is 1.04. The maximum absolute atomic E-state index is 2.39. The molecular weight excluding hydrogens is 372 g/mol. The standard InChI is InChI=1S/C31H60/c1-5-9-12-16-26(15-8-4)19-20-27-21-23-29-30(24-22-27)31(29)25-28(17-13-10-6-2)18-14-11-7-3/h26-31H,5-25H2,1-4H3. The average molecular weight is 433 g/mol. The predicted molar refractivity (Wildman–Crippen MR) is 141 cm³/mol. The predicted octanol–water partition coefficient (Wildman–Crippen LogP) is 11.0. The van der Waals surface area contributed by atoms with E-state index in [0.717, 1.165) is 35.5 Å². The van der Waals surface area contributed by atoms with Gasteiger partial charge in [-0.2, -0.15) is 0 Å². The van der Waals surface area contributed by atoms with E-state index in [-0.39, 0.29) is 0 Å². The molecule has 3 unspecified atom stereocenters. The maximum atomic E-state index is 2.39. The number of hydrogen-bond acceptors (Lipinski definition) is 0. The molecule has 0 aromatic carbocycles. The van der Waals surface area contributed by atoms with E-state index in [1.165, 1.54) is 96.3 Å². The van der Waals surface area contributed by atoms with Crippen LogP contribution in [0, 0.1) is 35.5 Å². The van der Waals surface area contributed by atoms with Crippen molar-refractivity contribution < 1.29 is 0 Å². The van der Waals surface area contributed by atoms with Crippen molar-refractivity contribution in [2.45, 2.75) is 163 Å². The molecule has 0 aliphatic heterocycles. The van der Waals surface area contributed by atoms with Crippen molar-refractivity contribution in [1.82, 2.24) is 0 Å². The normalized spacial score (nSPS) is 26.6. The summed E-state index contributed by atoms with van der Waals surface area (Å²) < 4.78 is 0. The summed E-state index contributed by atoms with van der Waals surface area (Å²) in [7, 11) is 0. The van der Waals surface area contributed by atoms with Crippen LogP contribution in [0.4, 0.5) is 0 Å². The van der Waals surface area contributed by atoms with E-state index < -0.39 is 0 Å². The Kier molecular flexibility index (Phi) is 14.6. The van der Waals surface area contributed by atoms with Gasteiger partial charge in [-0.3, -0.25) is 0 Å². The first-order valence-corrected chi connectivity index (χ1v) is 15.2. The molecule has 0 amide bonds. The summed E-state index contributed by atoms with van der Waals surface area (Å²) in [5.41, 5.74) is 0. The molecule has 0 heteroatoms. The highest BCUT2D eigenvalue weighted by Gasteiger charge is 2.50. The Labute approximate surface area is 198 Å². The minimum absolute atomic E-state index is 1.04. The molecule has 2 rings (SSSR count). The highest BCUT2D eigenvalue weighted by Crippen LogP contribution is 2.58. The van der Waals surface area contributed by atoms with Crippen LogP contribution in [0.15, 0.2) is 0 Å². The lowest BCUT2D eigenvalue weighted by Crippen LogP contribution is -2.08. The van der Waals surface area contributed by atoms with Gasteiger partial charge in [-0.1, -0.05) is 143 Å². The highest BCUT2D eigenvalue weighted by molar-refractivity contribution is 4.99. The van der Waals surface area contributed by atoms with Gasteiger partial charge in [0.05, 0.1) is 0 Å². The van der Waals surface area contributed by atoms with Crippen LogP contribution < -0.4 is 0 Å². The zero-order chi connectivity index (χ0) is 22.3. The first-order chi connectivity index (χ1) is 15.2. The molecule has 0 saturated heterocycles. The molecule has 0 radical (unpaired) electrons. The Balaban J connectivity index is 1.69. The van der Waals surface area contributed by atoms with E-state index in [4.69, 9.17) is 0 Å². The quantitative estimate of drug-likeness (QED) is 0.178. The molecule has 31 heavy (non-hydrogen) atoms. The number of unbranched alkanes of at least 4 members (excludes halogenated alkanes) is 6. The summed E-state index contributed by atoms with van der Waals surface area (Å²) in [6.07, 6.45) is 31.5.